The average Bonchev–Trinajstić information content (AvgIpc) is 2.79. The molecule has 25 heavy (non-hydrogen) atoms. The Morgan fingerprint density at radius 1 is 1.48 bits per heavy atom. The fraction of sp³-hybridized carbons (Fsp3) is 0.312. The second-order valence-electron chi connectivity index (χ2n) is 5.30. The number of carbonyl (C=O) groups is 3. The number of hydrogen-bond donors (Lipinski definition) is 1. The van der Waals surface area contributed by atoms with Crippen molar-refractivity contribution in [1.82, 2.24) is 4.90 Å². The Hall–Kier alpha value is -1.07. The molecule has 6 nitrogen and oxygen atoms in total. The minimum atomic E-state index is -1.10. The van der Waals surface area contributed by atoms with Crippen molar-refractivity contribution in [2.24, 2.45) is 0 Å². The minimum absolute atomic E-state index is 0.177. The number of carboxylic acids is 1. The zero-order valence-electron chi connectivity index (χ0n) is 13.4. The summed E-state index contributed by atoms with van der Waals surface area (Å²) in [6.45, 7) is 3.23. The van der Waals surface area contributed by atoms with Crippen LogP contribution in [0.2, 0.25) is 0 Å². The summed E-state index contributed by atoms with van der Waals surface area (Å²) in [5, 5.41) is 8.53. The molecule has 1 aliphatic heterocycles. The van der Waals surface area contributed by atoms with Crippen molar-refractivity contribution in [3.8, 4) is 5.75 Å². The Balaban J connectivity index is 2.41. The first-order valence-electron chi connectivity index (χ1n) is 7.35. The van der Waals surface area contributed by atoms with Crippen molar-refractivity contribution in [1.29, 1.82) is 0 Å². The van der Waals surface area contributed by atoms with Crippen LogP contribution in [0.15, 0.2) is 21.5 Å². The Morgan fingerprint density at radius 2 is 2.16 bits per heavy atom. The number of hydrogen-bond acceptors (Lipinski definition) is 5. The summed E-state index contributed by atoms with van der Waals surface area (Å²) in [6, 6.07) is 3.36. The molecular weight excluding hydrogens is 525 g/mol. The number of carboxylic acid groups (broad SMARTS) is 1. The Labute approximate surface area is 171 Å². The number of benzene rings is 1. The van der Waals surface area contributed by atoms with Crippen molar-refractivity contribution in [3.63, 3.8) is 0 Å². The topological polar surface area (TPSA) is 83.9 Å². The van der Waals surface area contributed by atoms with Gasteiger partial charge < -0.3 is 9.84 Å². The molecule has 1 heterocycles. The van der Waals surface area contributed by atoms with Gasteiger partial charge in [0.2, 0.25) is 0 Å². The second-order valence-corrected chi connectivity index (χ2v) is 8.39. The molecule has 0 spiro atoms. The smallest absolute Gasteiger partial charge is 0.341 e. The summed E-state index contributed by atoms with van der Waals surface area (Å²) in [4.78, 5) is 37.0. The van der Waals surface area contributed by atoms with Crippen LogP contribution in [0.1, 0.15) is 25.8 Å². The van der Waals surface area contributed by atoms with E-state index in [1.807, 2.05) is 13.8 Å². The van der Waals surface area contributed by atoms with Gasteiger partial charge in [-0.15, -0.1) is 0 Å². The van der Waals surface area contributed by atoms with Gasteiger partial charge in [0.05, 0.1) is 9.38 Å². The summed E-state index contributed by atoms with van der Waals surface area (Å²) in [5.41, 5.74) is 0.537. The monoisotopic (exact) mass is 539 g/mol. The van der Waals surface area contributed by atoms with Gasteiger partial charge in [-0.05, 0) is 81.8 Å². The molecule has 0 saturated carbocycles. The van der Waals surface area contributed by atoms with Crippen molar-refractivity contribution in [2.45, 2.75) is 26.3 Å². The molecule has 1 saturated heterocycles. The first-order chi connectivity index (χ1) is 11.7. The normalized spacial score (nSPS) is 17.3. The van der Waals surface area contributed by atoms with Gasteiger partial charge in [0.1, 0.15) is 5.75 Å². The van der Waals surface area contributed by atoms with E-state index in [0.717, 1.165) is 15.3 Å². The van der Waals surface area contributed by atoms with Gasteiger partial charge >= 0.3 is 5.97 Å². The number of nitrogens with zero attached hydrogens (tertiary/aromatic N) is 1. The third-order valence-corrected chi connectivity index (χ3v) is 5.61. The predicted molar refractivity (Wildman–Crippen MR) is 108 cm³/mol. The maximum Gasteiger partial charge on any atom is 0.341 e. The summed E-state index contributed by atoms with van der Waals surface area (Å²) < 4.78 is 6.79. The molecule has 1 aromatic rings. The van der Waals surface area contributed by atoms with Gasteiger partial charge in [-0.1, -0.05) is 6.92 Å². The zero-order chi connectivity index (χ0) is 18.7. The fourth-order valence-corrected chi connectivity index (χ4v) is 4.74. The highest BCUT2D eigenvalue weighted by Crippen LogP contribution is 2.38. The zero-order valence-corrected chi connectivity index (χ0v) is 18.0. The first-order valence-corrected chi connectivity index (χ1v) is 10.0. The lowest BCUT2D eigenvalue weighted by atomic mass is 10.1. The molecule has 134 valence electrons. The standard InChI is InChI=1S/C16H15BrINO5S/c1-3-8(2)19-15(22)12(25-16(19)23)5-9-4-10(18)6-11(17)14(9)24-7-13(20)21/h4-6,8H,3,7H2,1-2H3,(H,20,21)/b12-5+/t8-/m0/s1. The Bertz CT molecular complexity index is 767. The second kappa shape index (κ2) is 8.54. The molecule has 9 heteroatoms. The van der Waals surface area contributed by atoms with E-state index in [0.29, 0.717) is 27.1 Å². The van der Waals surface area contributed by atoms with Crippen LogP contribution in [0.3, 0.4) is 0 Å². The summed E-state index contributed by atoms with van der Waals surface area (Å²) in [6.07, 6.45) is 2.24. The number of aliphatic carboxylic acids is 1. The average molecular weight is 540 g/mol. The largest absolute Gasteiger partial charge is 0.480 e. The van der Waals surface area contributed by atoms with E-state index in [1.54, 1.807) is 18.2 Å². The molecular formula is C16H15BrINO5S. The lowest BCUT2D eigenvalue weighted by Gasteiger charge is -2.19. The lowest BCUT2D eigenvalue weighted by molar-refractivity contribution is -0.139. The minimum Gasteiger partial charge on any atom is -0.480 e. The van der Waals surface area contributed by atoms with Crippen molar-refractivity contribution in [2.75, 3.05) is 6.61 Å². The quantitative estimate of drug-likeness (QED) is 0.427. The molecule has 2 amide bonds. The number of rotatable bonds is 6. The molecule has 1 aromatic carbocycles. The number of carbonyl (C=O) groups excluding carboxylic acids is 2. The molecule has 0 radical (unpaired) electrons. The van der Waals surface area contributed by atoms with Gasteiger partial charge in [-0.2, -0.15) is 0 Å². The van der Waals surface area contributed by atoms with Gasteiger partial charge in [0.25, 0.3) is 11.1 Å². The fourth-order valence-electron chi connectivity index (χ4n) is 2.16. The molecule has 0 unspecified atom stereocenters. The molecule has 0 bridgehead atoms. The molecule has 1 aliphatic rings. The number of thioether (sulfide) groups is 1. The Morgan fingerprint density at radius 3 is 2.76 bits per heavy atom. The SMILES string of the molecule is CC[C@H](C)N1C(=O)S/C(=C/c2cc(I)cc(Br)c2OCC(=O)O)C1=O. The maximum atomic E-state index is 12.5. The van der Waals surface area contributed by atoms with E-state index in [4.69, 9.17) is 9.84 Å². The number of imide groups is 1. The van der Waals surface area contributed by atoms with Crippen LogP contribution >= 0.6 is 50.3 Å². The van der Waals surface area contributed by atoms with Crippen molar-refractivity contribution < 1.29 is 24.2 Å². The molecule has 1 atom stereocenters. The third kappa shape index (κ3) is 4.76. The maximum absolute atomic E-state index is 12.5. The van der Waals surface area contributed by atoms with Crippen LogP contribution in [0.25, 0.3) is 6.08 Å². The lowest BCUT2D eigenvalue weighted by Crippen LogP contribution is -2.36. The van der Waals surface area contributed by atoms with Crippen molar-refractivity contribution in [3.05, 3.63) is 30.6 Å². The third-order valence-electron chi connectivity index (χ3n) is 3.52. The van der Waals surface area contributed by atoms with Gasteiger partial charge in [-0.3, -0.25) is 14.5 Å². The van der Waals surface area contributed by atoms with Gasteiger partial charge in [-0.25, -0.2) is 4.79 Å². The Kier molecular flexibility index (Phi) is 6.92. The van der Waals surface area contributed by atoms with E-state index in [2.05, 4.69) is 38.5 Å². The van der Waals surface area contributed by atoms with Crippen LogP contribution in [0.5, 0.6) is 5.75 Å². The van der Waals surface area contributed by atoms with Crippen LogP contribution in [0, 0.1) is 3.57 Å². The molecule has 1 N–H and O–H groups in total. The number of ether oxygens (including phenoxy) is 1. The highest BCUT2D eigenvalue weighted by Gasteiger charge is 2.37. The number of amides is 2. The summed E-state index contributed by atoms with van der Waals surface area (Å²) in [5.74, 6) is -1.13. The first kappa shape index (κ1) is 20.2. The molecule has 2 rings (SSSR count). The van der Waals surface area contributed by atoms with Crippen molar-refractivity contribution >= 4 is 73.5 Å². The highest BCUT2D eigenvalue weighted by molar-refractivity contribution is 14.1. The van der Waals surface area contributed by atoms with E-state index < -0.39 is 12.6 Å². The summed E-state index contributed by atoms with van der Waals surface area (Å²) >= 11 is 6.33. The summed E-state index contributed by atoms with van der Waals surface area (Å²) in [7, 11) is 0. The number of halogens is 2. The van der Waals surface area contributed by atoms with Gasteiger partial charge in [0.15, 0.2) is 6.61 Å². The van der Waals surface area contributed by atoms with Crippen LogP contribution in [-0.4, -0.2) is 39.8 Å². The van der Waals surface area contributed by atoms with Crippen LogP contribution in [0.4, 0.5) is 4.79 Å². The molecule has 0 aromatic heterocycles. The van der Waals surface area contributed by atoms with Crippen LogP contribution in [-0.2, 0) is 9.59 Å². The highest BCUT2D eigenvalue weighted by atomic mass is 127. The molecule has 1 fully saturated rings. The van der Waals surface area contributed by atoms with E-state index in [1.165, 1.54) is 4.90 Å². The van der Waals surface area contributed by atoms with E-state index in [9.17, 15) is 14.4 Å². The van der Waals surface area contributed by atoms with E-state index >= 15 is 0 Å². The predicted octanol–water partition coefficient (Wildman–Crippen LogP) is 4.35. The van der Waals surface area contributed by atoms with Crippen LogP contribution < -0.4 is 4.74 Å². The molecule has 0 aliphatic carbocycles. The van der Waals surface area contributed by atoms with Gasteiger partial charge in [0, 0.05) is 15.2 Å². The van der Waals surface area contributed by atoms with E-state index in [-0.39, 0.29) is 17.2 Å².